The highest BCUT2D eigenvalue weighted by Crippen LogP contribution is 2.35. The highest BCUT2D eigenvalue weighted by atomic mass is 32.2. The van der Waals surface area contributed by atoms with Gasteiger partial charge in [-0.1, -0.05) is 30.3 Å². The molecule has 1 aliphatic heterocycles. The van der Waals surface area contributed by atoms with E-state index < -0.39 is 33.1 Å². The summed E-state index contributed by atoms with van der Waals surface area (Å²) in [5.41, 5.74) is 0.507. The van der Waals surface area contributed by atoms with Crippen LogP contribution in [0, 0.1) is 0 Å². The summed E-state index contributed by atoms with van der Waals surface area (Å²) in [6.45, 7) is 0.0643. The largest absolute Gasteiger partial charge is 0.496 e. The number of rotatable bonds is 7. The summed E-state index contributed by atoms with van der Waals surface area (Å²) in [5.74, 6) is 0.670. The van der Waals surface area contributed by atoms with Crippen LogP contribution in [0.1, 0.15) is 22.7 Å². The van der Waals surface area contributed by atoms with E-state index in [-0.39, 0.29) is 13.2 Å². The van der Waals surface area contributed by atoms with Crippen molar-refractivity contribution in [3.8, 4) is 5.75 Å². The number of hydroxylamine groups is 2. The lowest BCUT2D eigenvalue weighted by atomic mass is 10.0. The number of sulfonamides is 1. The average Bonchev–Trinajstić information content (AvgIpc) is 3.10. The standard InChI is InChI=1S/C20H23F3N2O4S/c1-25-19(15-7-9-16(10-8-15)20(21,22)23)18(13-29-25)30(26,27)24-12-11-14-5-3-4-6-17(14)28-2/h3-10,18-19,24H,11-13H2,1-2H3/t18-,19-/m0/s1. The van der Waals surface area contributed by atoms with Crippen LogP contribution in [0.15, 0.2) is 48.5 Å². The quantitative estimate of drug-likeness (QED) is 0.711. The second kappa shape index (κ2) is 8.93. The summed E-state index contributed by atoms with van der Waals surface area (Å²) in [7, 11) is -0.691. The Morgan fingerprint density at radius 3 is 2.47 bits per heavy atom. The van der Waals surface area contributed by atoms with Crippen LogP contribution < -0.4 is 9.46 Å². The molecule has 10 heteroatoms. The Kier molecular flexibility index (Phi) is 6.71. The van der Waals surface area contributed by atoms with E-state index in [9.17, 15) is 21.6 Å². The van der Waals surface area contributed by atoms with Gasteiger partial charge >= 0.3 is 6.18 Å². The summed E-state index contributed by atoms with van der Waals surface area (Å²) in [6.07, 6.45) is -4.03. The maximum Gasteiger partial charge on any atom is 0.416 e. The Balaban J connectivity index is 1.72. The third-order valence-corrected chi connectivity index (χ3v) is 6.85. The molecule has 1 heterocycles. The lowest BCUT2D eigenvalue weighted by Crippen LogP contribution is -2.40. The Morgan fingerprint density at radius 2 is 1.83 bits per heavy atom. The van der Waals surface area contributed by atoms with Gasteiger partial charge in [-0.05, 0) is 35.7 Å². The van der Waals surface area contributed by atoms with E-state index in [0.717, 1.165) is 17.7 Å². The SMILES string of the molecule is COc1ccccc1CCNS(=O)(=O)[C@H]1CON(C)[C@H]1c1ccc(C(F)(F)F)cc1. The van der Waals surface area contributed by atoms with E-state index in [2.05, 4.69) is 4.72 Å². The molecule has 0 spiro atoms. The number of hydrogen-bond donors (Lipinski definition) is 1. The van der Waals surface area contributed by atoms with Gasteiger partial charge in [-0.3, -0.25) is 4.84 Å². The zero-order valence-corrected chi connectivity index (χ0v) is 17.3. The van der Waals surface area contributed by atoms with Crippen molar-refractivity contribution in [2.75, 3.05) is 27.3 Å². The van der Waals surface area contributed by atoms with Crippen molar-refractivity contribution in [2.24, 2.45) is 0 Å². The van der Waals surface area contributed by atoms with E-state index >= 15 is 0 Å². The third kappa shape index (κ3) is 4.94. The molecule has 0 amide bonds. The molecule has 164 valence electrons. The van der Waals surface area contributed by atoms with Gasteiger partial charge in [0.15, 0.2) is 0 Å². The number of nitrogens with one attached hydrogen (secondary N) is 1. The zero-order valence-electron chi connectivity index (χ0n) is 16.5. The molecule has 0 aliphatic carbocycles. The first-order valence-electron chi connectivity index (χ1n) is 9.27. The minimum absolute atomic E-state index is 0.0911. The maximum absolute atomic E-state index is 12.9. The summed E-state index contributed by atoms with van der Waals surface area (Å²) in [6, 6.07) is 11.1. The van der Waals surface area contributed by atoms with Crippen molar-refractivity contribution in [3.05, 3.63) is 65.2 Å². The second-order valence-electron chi connectivity index (χ2n) is 6.95. The van der Waals surface area contributed by atoms with Gasteiger partial charge in [0.2, 0.25) is 10.0 Å². The molecule has 0 unspecified atom stereocenters. The van der Waals surface area contributed by atoms with E-state index in [0.29, 0.717) is 17.7 Å². The van der Waals surface area contributed by atoms with Crippen molar-refractivity contribution in [3.63, 3.8) is 0 Å². The molecule has 30 heavy (non-hydrogen) atoms. The Hall–Kier alpha value is -2.14. The molecule has 3 rings (SSSR count). The number of para-hydroxylation sites is 1. The molecule has 2 aromatic carbocycles. The molecular formula is C20H23F3N2O4S. The minimum Gasteiger partial charge on any atom is -0.496 e. The van der Waals surface area contributed by atoms with Crippen LogP contribution in [-0.2, 0) is 27.5 Å². The van der Waals surface area contributed by atoms with Crippen LogP contribution in [0.25, 0.3) is 0 Å². The summed E-state index contributed by atoms with van der Waals surface area (Å²) < 4.78 is 72.1. The predicted octanol–water partition coefficient (Wildman–Crippen LogP) is 3.16. The maximum atomic E-state index is 12.9. The van der Waals surface area contributed by atoms with E-state index in [1.165, 1.54) is 17.2 Å². The third-order valence-electron chi connectivity index (χ3n) is 5.05. The number of ether oxygens (including phenoxy) is 1. The molecule has 1 fully saturated rings. The van der Waals surface area contributed by atoms with Crippen LogP contribution in [0.3, 0.4) is 0 Å². The number of halogens is 3. The van der Waals surface area contributed by atoms with Crippen LogP contribution in [0.5, 0.6) is 5.75 Å². The number of methoxy groups -OCH3 is 1. The van der Waals surface area contributed by atoms with Gasteiger partial charge < -0.3 is 4.74 Å². The number of alkyl halides is 3. The van der Waals surface area contributed by atoms with Crippen LogP contribution in [0.4, 0.5) is 13.2 Å². The number of nitrogens with zero attached hydrogens (tertiary/aromatic N) is 1. The number of hydrogen-bond acceptors (Lipinski definition) is 5. The number of benzene rings is 2. The topological polar surface area (TPSA) is 67.9 Å². The summed E-state index contributed by atoms with van der Waals surface area (Å²) in [4.78, 5) is 5.39. The van der Waals surface area contributed by atoms with Gasteiger partial charge in [0.25, 0.3) is 0 Å². The normalized spacial score (nSPS) is 20.4. The van der Waals surface area contributed by atoms with Crippen molar-refractivity contribution in [1.82, 2.24) is 9.79 Å². The fraction of sp³-hybridized carbons (Fsp3) is 0.400. The first-order valence-corrected chi connectivity index (χ1v) is 10.8. The van der Waals surface area contributed by atoms with Gasteiger partial charge in [0, 0.05) is 13.6 Å². The van der Waals surface area contributed by atoms with Gasteiger partial charge in [0.05, 0.1) is 25.3 Å². The Labute approximate surface area is 173 Å². The molecule has 2 aromatic rings. The highest BCUT2D eigenvalue weighted by Gasteiger charge is 2.43. The molecule has 1 N–H and O–H groups in total. The molecule has 1 saturated heterocycles. The molecule has 0 saturated carbocycles. The fourth-order valence-corrected chi connectivity index (χ4v) is 5.00. The lowest BCUT2D eigenvalue weighted by molar-refractivity contribution is -0.137. The van der Waals surface area contributed by atoms with Crippen LogP contribution in [-0.4, -0.2) is 46.0 Å². The van der Waals surface area contributed by atoms with Gasteiger partial charge in [-0.2, -0.15) is 18.2 Å². The first-order chi connectivity index (χ1) is 14.1. The van der Waals surface area contributed by atoms with Crippen LogP contribution in [0.2, 0.25) is 0 Å². The Bertz CT molecular complexity index is 965. The van der Waals surface area contributed by atoms with Crippen molar-refractivity contribution in [1.29, 1.82) is 0 Å². The average molecular weight is 444 g/mol. The Morgan fingerprint density at radius 1 is 1.17 bits per heavy atom. The highest BCUT2D eigenvalue weighted by molar-refractivity contribution is 7.90. The smallest absolute Gasteiger partial charge is 0.416 e. The molecule has 2 atom stereocenters. The summed E-state index contributed by atoms with van der Waals surface area (Å²) >= 11 is 0. The van der Waals surface area contributed by atoms with Gasteiger partial charge in [0.1, 0.15) is 11.0 Å². The van der Waals surface area contributed by atoms with Gasteiger partial charge in [-0.15, -0.1) is 0 Å². The fourth-order valence-electron chi connectivity index (χ4n) is 3.49. The van der Waals surface area contributed by atoms with Crippen molar-refractivity contribution < 1.29 is 31.2 Å². The molecule has 0 radical (unpaired) electrons. The monoisotopic (exact) mass is 444 g/mol. The molecule has 0 bridgehead atoms. The first kappa shape index (κ1) is 22.5. The van der Waals surface area contributed by atoms with E-state index in [1.54, 1.807) is 20.2 Å². The minimum atomic E-state index is -4.46. The second-order valence-corrected chi connectivity index (χ2v) is 8.93. The zero-order chi connectivity index (χ0) is 21.9. The molecule has 6 nitrogen and oxygen atoms in total. The molecule has 1 aliphatic rings. The summed E-state index contributed by atoms with van der Waals surface area (Å²) in [5, 5.41) is 0.407. The van der Waals surface area contributed by atoms with Crippen molar-refractivity contribution >= 4 is 10.0 Å². The van der Waals surface area contributed by atoms with Crippen molar-refractivity contribution in [2.45, 2.75) is 23.9 Å². The van der Waals surface area contributed by atoms with E-state index in [4.69, 9.17) is 9.57 Å². The van der Waals surface area contributed by atoms with Crippen LogP contribution >= 0.6 is 0 Å². The lowest BCUT2D eigenvalue weighted by Gasteiger charge is -2.23. The molecular weight excluding hydrogens is 421 g/mol. The predicted molar refractivity (Wildman–Crippen MR) is 105 cm³/mol. The van der Waals surface area contributed by atoms with E-state index in [1.807, 2.05) is 18.2 Å². The molecule has 0 aromatic heterocycles. The van der Waals surface area contributed by atoms with Gasteiger partial charge in [-0.25, -0.2) is 13.1 Å².